The Morgan fingerprint density at radius 2 is 1.94 bits per heavy atom. The highest BCUT2D eigenvalue weighted by Gasteiger charge is 2.42. The Balaban J connectivity index is 1.38. The van der Waals surface area contributed by atoms with Crippen LogP contribution in [-0.2, 0) is 17.9 Å². The zero-order valence-electron chi connectivity index (χ0n) is 16.8. The normalized spacial score (nSPS) is 23.2. The van der Waals surface area contributed by atoms with Gasteiger partial charge in [-0.1, -0.05) is 57.9 Å². The first-order valence-electron chi connectivity index (χ1n) is 10.3. The van der Waals surface area contributed by atoms with E-state index < -0.39 is 0 Å². The highest BCUT2D eigenvalue weighted by atomic mass is 79.9. The Kier molecular flexibility index (Phi) is 6.94. The van der Waals surface area contributed by atoms with Crippen LogP contribution >= 0.6 is 39.7 Å². The molecule has 0 spiro atoms. The molecule has 1 saturated heterocycles. The molecule has 1 aliphatic carbocycles. The van der Waals surface area contributed by atoms with Crippen molar-refractivity contribution >= 4 is 56.7 Å². The summed E-state index contributed by atoms with van der Waals surface area (Å²) >= 11 is 15.3. The Morgan fingerprint density at radius 1 is 1.19 bits per heavy atom. The van der Waals surface area contributed by atoms with Gasteiger partial charge in [0.05, 0.1) is 12.5 Å². The molecule has 0 aromatic heterocycles. The second kappa shape index (κ2) is 9.67. The lowest BCUT2D eigenvalue weighted by Gasteiger charge is -2.43. The topological polar surface area (TPSA) is 61.4 Å². The second-order valence-electron chi connectivity index (χ2n) is 7.97. The molecule has 2 aliphatic rings. The standard InChI is InChI=1S/C23H23BrClN3O2S/c24-17-9-10-20-18(11-17)22(30)28(23(31)27-20)13-14-5-7-15(8-6-14)21(29)26-12-16-3-1-2-4-19(16)25/h1-8,17-18,20H,9-13H2,(H,26,29)(H,27,31). The number of halogens is 2. The van der Waals surface area contributed by atoms with Crippen LogP contribution in [0.2, 0.25) is 5.02 Å². The molecule has 8 heteroatoms. The van der Waals surface area contributed by atoms with Gasteiger partial charge < -0.3 is 10.6 Å². The number of amides is 2. The molecular formula is C23H23BrClN3O2S. The number of alkyl halides is 1. The number of hydrogen-bond acceptors (Lipinski definition) is 3. The lowest BCUT2D eigenvalue weighted by atomic mass is 9.82. The highest BCUT2D eigenvalue weighted by Crippen LogP contribution is 2.33. The molecule has 31 heavy (non-hydrogen) atoms. The van der Waals surface area contributed by atoms with Crippen LogP contribution in [-0.4, -0.2) is 32.7 Å². The second-order valence-corrected chi connectivity index (χ2v) is 10.1. The Labute approximate surface area is 200 Å². The third kappa shape index (κ3) is 5.10. The summed E-state index contributed by atoms with van der Waals surface area (Å²) in [5.74, 6) is -0.148. The van der Waals surface area contributed by atoms with Crippen LogP contribution in [0.4, 0.5) is 0 Å². The summed E-state index contributed by atoms with van der Waals surface area (Å²) in [6.45, 7) is 0.752. The minimum absolute atomic E-state index is 0.0558. The Bertz CT molecular complexity index is 1000. The Hall–Kier alpha value is -1.96. The van der Waals surface area contributed by atoms with Gasteiger partial charge in [-0.3, -0.25) is 14.5 Å². The third-order valence-corrected chi connectivity index (χ3v) is 7.42. The van der Waals surface area contributed by atoms with Crippen molar-refractivity contribution in [2.24, 2.45) is 5.92 Å². The zero-order chi connectivity index (χ0) is 22.0. The summed E-state index contributed by atoms with van der Waals surface area (Å²) in [4.78, 5) is 27.5. The molecule has 4 rings (SSSR count). The van der Waals surface area contributed by atoms with Gasteiger partial charge in [0.2, 0.25) is 5.91 Å². The van der Waals surface area contributed by atoms with Crippen LogP contribution in [0.1, 0.15) is 40.7 Å². The minimum atomic E-state index is -0.175. The molecule has 0 bridgehead atoms. The van der Waals surface area contributed by atoms with E-state index in [0.717, 1.165) is 30.4 Å². The van der Waals surface area contributed by atoms with E-state index in [1.807, 2.05) is 30.3 Å². The molecule has 3 unspecified atom stereocenters. The lowest BCUT2D eigenvalue weighted by Crippen LogP contribution is -2.61. The van der Waals surface area contributed by atoms with Gasteiger partial charge >= 0.3 is 0 Å². The quantitative estimate of drug-likeness (QED) is 0.453. The number of benzene rings is 2. The molecular weight excluding hydrogens is 498 g/mol. The fraction of sp³-hybridized carbons (Fsp3) is 0.348. The summed E-state index contributed by atoms with van der Waals surface area (Å²) in [6, 6.07) is 14.8. The number of fused-ring (bicyclic) bond motifs is 1. The zero-order valence-corrected chi connectivity index (χ0v) is 20.0. The van der Waals surface area contributed by atoms with Crippen molar-refractivity contribution in [3.05, 3.63) is 70.2 Å². The van der Waals surface area contributed by atoms with Crippen LogP contribution in [0.3, 0.4) is 0 Å². The van der Waals surface area contributed by atoms with E-state index in [1.165, 1.54) is 0 Å². The number of nitrogens with zero attached hydrogens (tertiary/aromatic N) is 1. The number of thiocarbonyl (C=S) groups is 1. The van der Waals surface area contributed by atoms with E-state index in [1.54, 1.807) is 23.1 Å². The minimum Gasteiger partial charge on any atom is -0.359 e. The van der Waals surface area contributed by atoms with Crippen LogP contribution in [0, 0.1) is 5.92 Å². The van der Waals surface area contributed by atoms with Crippen molar-refractivity contribution in [2.45, 2.75) is 43.2 Å². The molecule has 2 aromatic carbocycles. The van der Waals surface area contributed by atoms with Gasteiger partial charge in [-0.2, -0.15) is 0 Å². The summed E-state index contributed by atoms with van der Waals surface area (Å²) < 4.78 is 0. The van der Waals surface area contributed by atoms with E-state index in [2.05, 4.69) is 26.6 Å². The average Bonchev–Trinajstić information content (AvgIpc) is 2.77. The van der Waals surface area contributed by atoms with Gasteiger partial charge in [0.25, 0.3) is 5.91 Å². The monoisotopic (exact) mass is 519 g/mol. The molecule has 1 aliphatic heterocycles. The SMILES string of the molecule is O=C(NCc1ccccc1Cl)c1ccc(CN2C(=O)C3CC(Br)CCC3NC2=S)cc1. The Morgan fingerprint density at radius 3 is 2.68 bits per heavy atom. The van der Waals surface area contributed by atoms with Crippen LogP contribution in [0.5, 0.6) is 0 Å². The molecule has 1 heterocycles. The van der Waals surface area contributed by atoms with E-state index in [4.69, 9.17) is 23.8 Å². The number of carbonyl (C=O) groups is 2. The van der Waals surface area contributed by atoms with Crippen LogP contribution in [0.25, 0.3) is 0 Å². The van der Waals surface area contributed by atoms with E-state index in [9.17, 15) is 9.59 Å². The van der Waals surface area contributed by atoms with Gasteiger partial charge in [-0.15, -0.1) is 0 Å². The molecule has 0 radical (unpaired) electrons. The van der Waals surface area contributed by atoms with Gasteiger partial charge in [0, 0.05) is 28.0 Å². The summed E-state index contributed by atoms with van der Waals surface area (Å²) in [5, 5.41) is 7.34. The molecule has 3 atom stereocenters. The predicted molar refractivity (Wildman–Crippen MR) is 129 cm³/mol. The van der Waals surface area contributed by atoms with Crippen LogP contribution < -0.4 is 10.6 Å². The van der Waals surface area contributed by atoms with Crippen molar-refractivity contribution in [2.75, 3.05) is 0 Å². The first-order chi connectivity index (χ1) is 14.9. The van der Waals surface area contributed by atoms with Gasteiger partial charge in [0.15, 0.2) is 5.11 Å². The number of nitrogens with one attached hydrogen (secondary N) is 2. The summed E-state index contributed by atoms with van der Waals surface area (Å²) in [5.41, 5.74) is 2.34. The first-order valence-corrected chi connectivity index (χ1v) is 12.0. The fourth-order valence-corrected chi connectivity index (χ4v) is 5.29. The maximum absolute atomic E-state index is 13.0. The first kappa shape index (κ1) is 22.2. The van der Waals surface area contributed by atoms with Crippen molar-refractivity contribution in [1.29, 1.82) is 0 Å². The maximum atomic E-state index is 13.0. The maximum Gasteiger partial charge on any atom is 0.251 e. The van der Waals surface area contributed by atoms with E-state index >= 15 is 0 Å². The van der Waals surface area contributed by atoms with Crippen molar-refractivity contribution in [1.82, 2.24) is 15.5 Å². The third-order valence-electron chi connectivity index (χ3n) is 5.88. The molecule has 5 nitrogen and oxygen atoms in total. The summed E-state index contributed by atoms with van der Waals surface area (Å²) in [6.07, 6.45) is 2.81. The molecule has 162 valence electrons. The molecule has 1 saturated carbocycles. The van der Waals surface area contributed by atoms with E-state index in [0.29, 0.717) is 33.6 Å². The van der Waals surface area contributed by atoms with Crippen molar-refractivity contribution in [3.8, 4) is 0 Å². The van der Waals surface area contributed by atoms with Gasteiger partial charge in [-0.25, -0.2) is 0 Å². The number of carbonyl (C=O) groups excluding carboxylic acids is 2. The average molecular weight is 521 g/mol. The lowest BCUT2D eigenvalue weighted by molar-refractivity contribution is -0.135. The molecule has 2 amide bonds. The highest BCUT2D eigenvalue weighted by molar-refractivity contribution is 9.09. The molecule has 2 fully saturated rings. The largest absolute Gasteiger partial charge is 0.359 e. The smallest absolute Gasteiger partial charge is 0.251 e. The van der Waals surface area contributed by atoms with Crippen LogP contribution in [0.15, 0.2) is 48.5 Å². The van der Waals surface area contributed by atoms with Crippen molar-refractivity contribution < 1.29 is 9.59 Å². The molecule has 2 aromatic rings. The van der Waals surface area contributed by atoms with Gasteiger partial charge in [-0.05, 0) is 60.8 Å². The number of rotatable bonds is 5. The summed E-state index contributed by atoms with van der Waals surface area (Å²) in [7, 11) is 0. The number of hydrogen-bond donors (Lipinski definition) is 2. The predicted octanol–water partition coefficient (Wildman–Crippen LogP) is 4.42. The molecule has 2 N–H and O–H groups in total. The van der Waals surface area contributed by atoms with Gasteiger partial charge in [0.1, 0.15) is 0 Å². The van der Waals surface area contributed by atoms with Crippen molar-refractivity contribution in [3.63, 3.8) is 0 Å². The fourth-order valence-electron chi connectivity index (χ4n) is 4.11. The van der Waals surface area contributed by atoms with E-state index in [-0.39, 0.29) is 23.8 Å².